The molecule has 1 N–H and O–H groups in total. The van der Waals surface area contributed by atoms with Crippen LogP contribution in [-0.2, 0) is 14.8 Å². The highest BCUT2D eigenvalue weighted by Crippen LogP contribution is 2.22. The monoisotopic (exact) mass is 378 g/mol. The summed E-state index contributed by atoms with van der Waals surface area (Å²) in [5, 5.41) is 2.62. The molecule has 0 aromatic heterocycles. The van der Waals surface area contributed by atoms with E-state index in [0.717, 1.165) is 0 Å². The summed E-state index contributed by atoms with van der Waals surface area (Å²) < 4.78 is 45.3. The van der Waals surface area contributed by atoms with E-state index in [2.05, 4.69) is 5.32 Å². The molecule has 3 rings (SSSR count). The lowest BCUT2D eigenvalue weighted by molar-refractivity contribution is 0.0393. The van der Waals surface area contributed by atoms with Crippen molar-refractivity contribution in [1.29, 1.82) is 0 Å². The first kappa shape index (κ1) is 18.5. The molecular formula is C18H19FN2O4S. The molecule has 1 atom stereocenters. The van der Waals surface area contributed by atoms with Crippen LogP contribution >= 0.6 is 0 Å². The third kappa shape index (κ3) is 3.92. The number of ether oxygens (including phenoxy) is 1. The number of hydrogen-bond donors (Lipinski definition) is 1. The van der Waals surface area contributed by atoms with E-state index in [0.29, 0.717) is 18.9 Å². The zero-order valence-electron chi connectivity index (χ0n) is 14.2. The van der Waals surface area contributed by atoms with Gasteiger partial charge in [0.25, 0.3) is 5.91 Å². The zero-order chi connectivity index (χ0) is 18.7. The number of carbonyl (C=O) groups excluding carboxylic acids is 1. The van der Waals surface area contributed by atoms with E-state index in [4.69, 9.17) is 4.74 Å². The van der Waals surface area contributed by atoms with Gasteiger partial charge in [-0.15, -0.1) is 0 Å². The normalized spacial score (nSPS) is 18.5. The zero-order valence-corrected chi connectivity index (χ0v) is 15.0. The maximum atomic E-state index is 12.9. The Hall–Kier alpha value is -2.29. The van der Waals surface area contributed by atoms with E-state index >= 15 is 0 Å². The van der Waals surface area contributed by atoms with Gasteiger partial charge in [0.1, 0.15) is 5.82 Å². The van der Waals surface area contributed by atoms with E-state index in [1.165, 1.54) is 52.8 Å². The number of benzene rings is 2. The Balaban J connectivity index is 1.83. The van der Waals surface area contributed by atoms with Gasteiger partial charge in [-0.2, -0.15) is 4.31 Å². The Kier molecular flexibility index (Phi) is 5.36. The second kappa shape index (κ2) is 7.53. The van der Waals surface area contributed by atoms with E-state index in [1.807, 2.05) is 0 Å². The average Bonchev–Trinajstić information content (AvgIpc) is 2.64. The van der Waals surface area contributed by atoms with Crippen LogP contribution in [0.4, 0.5) is 10.1 Å². The number of rotatable bonds is 4. The molecular weight excluding hydrogens is 359 g/mol. The molecule has 138 valence electrons. The predicted octanol–water partition coefficient (Wildman–Crippen LogP) is 2.49. The fourth-order valence-electron chi connectivity index (χ4n) is 2.74. The van der Waals surface area contributed by atoms with Crippen molar-refractivity contribution in [3.05, 3.63) is 59.9 Å². The van der Waals surface area contributed by atoms with Crippen LogP contribution in [0.1, 0.15) is 17.3 Å². The molecule has 1 heterocycles. The van der Waals surface area contributed by atoms with Gasteiger partial charge in [-0.05, 0) is 49.4 Å². The Bertz CT molecular complexity index is 900. The minimum absolute atomic E-state index is 0.0537. The lowest BCUT2D eigenvalue weighted by atomic mass is 10.2. The topological polar surface area (TPSA) is 75.7 Å². The molecule has 0 bridgehead atoms. The third-order valence-electron chi connectivity index (χ3n) is 4.11. The van der Waals surface area contributed by atoms with Crippen LogP contribution in [0.2, 0.25) is 0 Å². The largest absolute Gasteiger partial charge is 0.378 e. The number of morpholine rings is 1. The Morgan fingerprint density at radius 1 is 1.23 bits per heavy atom. The third-order valence-corrected chi connectivity index (χ3v) is 6.12. The van der Waals surface area contributed by atoms with Crippen molar-refractivity contribution in [2.45, 2.75) is 17.9 Å². The fraction of sp³-hybridized carbons (Fsp3) is 0.278. The van der Waals surface area contributed by atoms with Gasteiger partial charge in [0.2, 0.25) is 10.0 Å². The summed E-state index contributed by atoms with van der Waals surface area (Å²) in [6, 6.07) is 10.9. The molecule has 1 aliphatic rings. The van der Waals surface area contributed by atoms with E-state index in [9.17, 15) is 17.6 Å². The van der Waals surface area contributed by atoms with Gasteiger partial charge in [-0.1, -0.05) is 6.07 Å². The summed E-state index contributed by atoms with van der Waals surface area (Å²) >= 11 is 0. The molecule has 0 saturated carbocycles. The Labute approximate surface area is 151 Å². The highest BCUT2D eigenvalue weighted by atomic mass is 32.2. The minimum atomic E-state index is -3.72. The quantitative estimate of drug-likeness (QED) is 0.887. The SMILES string of the molecule is CC1COCCN1S(=O)(=O)c1cccc(C(=O)Nc2ccc(F)cc2)c1. The summed E-state index contributed by atoms with van der Waals surface area (Å²) in [4.78, 5) is 12.4. The van der Waals surface area contributed by atoms with Crippen LogP contribution < -0.4 is 5.32 Å². The van der Waals surface area contributed by atoms with Crippen molar-refractivity contribution >= 4 is 21.6 Å². The summed E-state index contributed by atoms with van der Waals surface area (Å²) in [5.41, 5.74) is 0.628. The summed E-state index contributed by atoms with van der Waals surface area (Å²) in [5.74, 6) is -0.876. The Morgan fingerprint density at radius 3 is 2.65 bits per heavy atom. The van der Waals surface area contributed by atoms with Crippen molar-refractivity contribution < 1.29 is 22.3 Å². The van der Waals surface area contributed by atoms with Crippen LogP contribution in [0.3, 0.4) is 0 Å². The maximum absolute atomic E-state index is 12.9. The highest BCUT2D eigenvalue weighted by molar-refractivity contribution is 7.89. The molecule has 8 heteroatoms. The average molecular weight is 378 g/mol. The number of sulfonamides is 1. The standard InChI is InChI=1S/C18H19FN2O4S/c1-13-12-25-10-9-21(13)26(23,24)17-4-2-3-14(11-17)18(22)20-16-7-5-15(19)6-8-16/h2-8,11,13H,9-10,12H2,1H3,(H,20,22). The highest BCUT2D eigenvalue weighted by Gasteiger charge is 2.31. The number of carbonyl (C=O) groups is 1. The van der Waals surface area contributed by atoms with Gasteiger partial charge >= 0.3 is 0 Å². The molecule has 1 aliphatic heterocycles. The fourth-order valence-corrected chi connectivity index (χ4v) is 4.39. The number of anilines is 1. The number of halogens is 1. The van der Waals surface area contributed by atoms with Gasteiger partial charge < -0.3 is 10.1 Å². The smallest absolute Gasteiger partial charge is 0.255 e. The number of nitrogens with one attached hydrogen (secondary N) is 1. The van der Waals surface area contributed by atoms with Gasteiger partial charge in [-0.25, -0.2) is 12.8 Å². The van der Waals surface area contributed by atoms with E-state index < -0.39 is 21.7 Å². The van der Waals surface area contributed by atoms with Gasteiger partial charge in [0.05, 0.1) is 18.1 Å². The molecule has 1 amide bonds. The number of amides is 1. The van der Waals surface area contributed by atoms with Crippen LogP contribution in [0.15, 0.2) is 53.4 Å². The van der Waals surface area contributed by atoms with Gasteiger partial charge in [0, 0.05) is 23.8 Å². The van der Waals surface area contributed by atoms with E-state index in [-0.39, 0.29) is 23.0 Å². The van der Waals surface area contributed by atoms with Crippen LogP contribution in [0, 0.1) is 5.82 Å². The molecule has 0 aliphatic carbocycles. The van der Waals surface area contributed by atoms with Crippen molar-refractivity contribution in [3.8, 4) is 0 Å². The molecule has 2 aromatic carbocycles. The molecule has 2 aromatic rings. The summed E-state index contributed by atoms with van der Waals surface area (Å²) in [6.45, 7) is 2.73. The first-order valence-electron chi connectivity index (χ1n) is 8.14. The van der Waals surface area contributed by atoms with Crippen LogP contribution in [0.25, 0.3) is 0 Å². The van der Waals surface area contributed by atoms with Crippen molar-refractivity contribution in [3.63, 3.8) is 0 Å². The summed E-state index contributed by atoms with van der Waals surface area (Å²) in [6.07, 6.45) is 0. The molecule has 1 saturated heterocycles. The molecule has 0 spiro atoms. The van der Waals surface area contributed by atoms with Crippen LogP contribution in [0.5, 0.6) is 0 Å². The first-order chi connectivity index (χ1) is 12.4. The molecule has 6 nitrogen and oxygen atoms in total. The van der Waals surface area contributed by atoms with E-state index in [1.54, 1.807) is 6.92 Å². The van der Waals surface area contributed by atoms with Crippen LogP contribution in [-0.4, -0.2) is 44.4 Å². The lowest BCUT2D eigenvalue weighted by Gasteiger charge is -2.32. The Morgan fingerprint density at radius 2 is 1.96 bits per heavy atom. The van der Waals surface area contributed by atoms with Gasteiger partial charge in [-0.3, -0.25) is 4.79 Å². The van der Waals surface area contributed by atoms with Crippen molar-refractivity contribution in [2.24, 2.45) is 0 Å². The molecule has 1 unspecified atom stereocenters. The molecule has 0 radical (unpaired) electrons. The molecule has 26 heavy (non-hydrogen) atoms. The number of nitrogens with zero attached hydrogens (tertiary/aromatic N) is 1. The van der Waals surface area contributed by atoms with Gasteiger partial charge in [0.15, 0.2) is 0 Å². The summed E-state index contributed by atoms with van der Waals surface area (Å²) in [7, 11) is -3.72. The second-order valence-electron chi connectivity index (χ2n) is 6.03. The lowest BCUT2D eigenvalue weighted by Crippen LogP contribution is -2.46. The predicted molar refractivity (Wildman–Crippen MR) is 95.0 cm³/mol. The van der Waals surface area contributed by atoms with Crippen molar-refractivity contribution in [1.82, 2.24) is 4.31 Å². The maximum Gasteiger partial charge on any atom is 0.255 e. The second-order valence-corrected chi connectivity index (χ2v) is 7.92. The minimum Gasteiger partial charge on any atom is -0.378 e. The molecule has 1 fully saturated rings. The number of hydrogen-bond acceptors (Lipinski definition) is 4. The first-order valence-corrected chi connectivity index (χ1v) is 9.58. The van der Waals surface area contributed by atoms with Crippen molar-refractivity contribution in [2.75, 3.05) is 25.1 Å².